The van der Waals surface area contributed by atoms with Gasteiger partial charge in [0.25, 0.3) is 5.91 Å². The molecule has 3 aromatic rings. The lowest BCUT2D eigenvalue weighted by Crippen LogP contribution is -2.23. The van der Waals surface area contributed by atoms with E-state index in [1.807, 2.05) is 42.5 Å². The zero-order chi connectivity index (χ0) is 17.6. The maximum Gasteiger partial charge on any atom is 0.253 e. The van der Waals surface area contributed by atoms with Gasteiger partial charge in [-0.2, -0.15) is 0 Å². The van der Waals surface area contributed by atoms with Gasteiger partial charge in [-0.05, 0) is 36.4 Å². The van der Waals surface area contributed by atoms with E-state index < -0.39 is 0 Å². The zero-order valence-electron chi connectivity index (χ0n) is 13.6. The van der Waals surface area contributed by atoms with Gasteiger partial charge in [0.05, 0.1) is 30.6 Å². The molecule has 0 saturated carbocycles. The van der Waals surface area contributed by atoms with E-state index in [0.29, 0.717) is 12.1 Å². The van der Waals surface area contributed by atoms with Crippen LogP contribution in [-0.2, 0) is 6.54 Å². The summed E-state index contributed by atoms with van der Waals surface area (Å²) in [5, 5.41) is 2.84. The normalized spacial score (nSPS) is 10.3. The highest BCUT2D eigenvalue weighted by Crippen LogP contribution is 2.27. The second-order valence-corrected chi connectivity index (χ2v) is 6.20. The molecule has 3 rings (SSSR count). The summed E-state index contributed by atoms with van der Waals surface area (Å²) in [6, 6.07) is 14.9. The lowest BCUT2D eigenvalue weighted by molar-refractivity contribution is 0.0950. The van der Waals surface area contributed by atoms with Crippen LogP contribution in [0.4, 0.5) is 0 Å². The summed E-state index contributed by atoms with van der Waals surface area (Å²) < 4.78 is 6.27. The highest BCUT2D eigenvalue weighted by atomic mass is 79.9. The third-order valence-corrected chi connectivity index (χ3v) is 4.11. The van der Waals surface area contributed by atoms with Crippen molar-refractivity contribution in [3.05, 3.63) is 76.7 Å². The van der Waals surface area contributed by atoms with Crippen molar-refractivity contribution in [3.63, 3.8) is 0 Å². The fraction of sp³-hybridized carbons (Fsp3) is 0.105. The molecule has 25 heavy (non-hydrogen) atoms. The van der Waals surface area contributed by atoms with E-state index in [2.05, 4.69) is 31.2 Å². The third-order valence-electron chi connectivity index (χ3n) is 3.62. The molecule has 0 aliphatic heterocycles. The van der Waals surface area contributed by atoms with E-state index in [-0.39, 0.29) is 5.91 Å². The van der Waals surface area contributed by atoms with E-state index in [1.165, 1.54) is 0 Å². The average Bonchev–Trinajstić information content (AvgIpc) is 2.66. The van der Waals surface area contributed by atoms with Crippen LogP contribution in [0.25, 0.3) is 11.3 Å². The predicted molar refractivity (Wildman–Crippen MR) is 99.3 cm³/mol. The topological polar surface area (TPSA) is 64.1 Å². The molecule has 0 bridgehead atoms. The monoisotopic (exact) mass is 397 g/mol. The SMILES string of the molecule is COc1ccccc1-c1ccc(C(=O)NCc2cc(Br)ccn2)cn1. The summed E-state index contributed by atoms with van der Waals surface area (Å²) in [6.45, 7) is 0.354. The quantitative estimate of drug-likeness (QED) is 0.709. The Balaban J connectivity index is 1.70. The van der Waals surface area contributed by atoms with Crippen molar-refractivity contribution in [1.82, 2.24) is 15.3 Å². The Labute approximate surface area is 154 Å². The first-order valence-electron chi connectivity index (χ1n) is 7.65. The van der Waals surface area contributed by atoms with Crippen LogP contribution < -0.4 is 10.1 Å². The summed E-state index contributed by atoms with van der Waals surface area (Å²) >= 11 is 3.38. The molecule has 0 aliphatic carbocycles. The van der Waals surface area contributed by atoms with Crippen molar-refractivity contribution < 1.29 is 9.53 Å². The Hall–Kier alpha value is -2.73. The number of rotatable bonds is 5. The molecule has 2 aromatic heterocycles. The predicted octanol–water partition coefficient (Wildman–Crippen LogP) is 3.84. The Morgan fingerprint density at radius 1 is 1.16 bits per heavy atom. The van der Waals surface area contributed by atoms with Crippen LogP contribution in [0.15, 0.2) is 65.4 Å². The molecule has 0 atom stereocenters. The van der Waals surface area contributed by atoms with Gasteiger partial charge in [-0.3, -0.25) is 14.8 Å². The molecule has 6 heteroatoms. The minimum absolute atomic E-state index is 0.194. The molecule has 1 amide bonds. The molecule has 0 saturated heterocycles. The van der Waals surface area contributed by atoms with Crippen molar-refractivity contribution in [2.24, 2.45) is 0 Å². The molecule has 1 N–H and O–H groups in total. The number of ether oxygens (including phenoxy) is 1. The van der Waals surface area contributed by atoms with Crippen molar-refractivity contribution in [3.8, 4) is 17.0 Å². The van der Waals surface area contributed by atoms with Gasteiger partial charge in [0, 0.05) is 22.4 Å². The number of pyridine rings is 2. The van der Waals surface area contributed by atoms with Gasteiger partial charge >= 0.3 is 0 Å². The molecule has 0 spiro atoms. The number of hydrogen-bond donors (Lipinski definition) is 1. The Kier molecular flexibility index (Phi) is 5.40. The Bertz CT molecular complexity index is 882. The minimum atomic E-state index is -0.194. The number of hydrogen-bond acceptors (Lipinski definition) is 4. The summed E-state index contributed by atoms with van der Waals surface area (Å²) in [4.78, 5) is 20.8. The van der Waals surface area contributed by atoms with Gasteiger partial charge in [-0.1, -0.05) is 28.1 Å². The first-order valence-corrected chi connectivity index (χ1v) is 8.45. The zero-order valence-corrected chi connectivity index (χ0v) is 15.2. The van der Waals surface area contributed by atoms with Gasteiger partial charge in [0.15, 0.2) is 0 Å². The molecule has 0 aliphatic rings. The molecule has 0 fully saturated rings. The largest absolute Gasteiger partial charge is 0.496 e. The maximum atomic E-state index is 12.3. The van der Waals surface area contributed by atoms with Gasteiger partial charge in [-0.15, -0.1) is 0 Å². The number of nitrogens with zero attached hydrogens (tertiary/aromatic N) is 2. The van der Waals surface area contributed by atoms with Crippen LogP contribution in [0.1, 0.15) is 16.1 Å². The van der Waals surface area contributed by atoms with E-state index in [1.54, 1.807) is 25.6 Å². The second kappa shape index (κ2) is 7.90. The fourth-order valence-corrected chi connectivity index (χ4v) is 2.74. The molecular weight excluding hydrogens is 382 g/mol. The van der Waals surface area contributed by atoms with Crippen LogP contribution in [0.3, 0.4) is 0 Å². The van der Waals surface area contributed by atoms with Crippen molar-refractivity contribution in [1.29, 1.82) is 0 Å². The molecular formula is C19H16BrN3O2. The van der Waals surface area contributed by atoms with Crippen LogP contribution in [-0.4, -0.2) is 23.0 Å². The lowest BCUT2D eigenvalue weighted by atomic mass is 10.1. The number of benzene rings is 1. The van der Waals surface area contributed by atoms with E-state index in [0.717, 1.165) is 27.2 Å². The number of methoxy groups -OCH3 is 1. The molecule has 1 aromatic carbocycles. The Morgan fingerprint density at radius 3 is 2.72 bits per heavy atom. The van der Waals surface area contributed by atoms with Crippen LogP contribution in [0.5, 0.6) is 5.75 Å². The second-order valence-electron chi connectivity index (χ2n) is 5.28. The first kappa shape index (κ1) is 17.1. The molecule has 0 radical (unpaired) electrons. The van der Waals surface area contributed by atoms with Crippen LogP contribution in [0.2, 0.25) is 0 Å². The summed E-state index contributed by atoms with van der Waals surface area (Å²) in [6.07, 6.45) is 3.25. The number of halogens is 1. The maximum absolute atomic E-state index is 12.3. The standard InChI is InChI=1S/C19H16BrN3O2/c1-25-18-5-3-2-4-16(18)17-7-6-13(11-22-17)19(24)23-12-15-10-14(20)8-9-21-15/h2-11H,12H2,1H3,(H,23,24). The van der Waals surface area contributed by atoms with E-state index in [9.17, 15) is 4.79 Å². The molecule has 0 unspecified atom stereocenters. The minimum Gasteiger partial charge on any atom is -0.496 e. The van der Waals surface area contributed by atoms with E-state index in [4.69, 9.17) is 4.74 Å². The van der Waals surface area contributed by atoms with Crippen molar-refractivity contribution in [2.45, 2.75) is 6.54 Å². The van der Waals surface area contributed by atoms with Gasteiger partial charge in [0.2, 0.25) is 0 Å². The van der Waals surface area contributed by atoms with Crippen LogP contribution >= 0.6 is 15.9 Å². The Morgan fingerprint density at radius 2 is 2.00 bits per heavy atom. The average molecular weight is 398 g/mol. The number of aromatic nitrogens is 2. The number of para-hydroxylation sites is 1. The van der Waals surface area contributed by atoms with Crippen molar-refractivity contribution in [2.75, 3.05) is 7.11 Å². The third kappa shape index (κ3) is 4.22. The summed E-state index contributed by atoms with van der Waals surface area (Å²) in [7, 11) is 1.62. The highest BCUT2D eigenvalue weighted by molar-refractivity contribution is 9.10. The number of carbonyl (C=O) groups excluding carboxylic acids is 1. The number of carbonyl (C=O) groups is 1. The highest BCUT2D eigenvalue weighted by Gasteiger charge is 2.09. The van der Waals surface area contributed by atoms with Crippen molar-refractivity contribution >= 4 is 21.8 Å². The first-order chi connectivity index (χ1) is 12.2. The molecule has 126 valence electrons. The lowest BCUT2D eigenvalue weighted by Gasteiger charge is -2.08. The fourth-order valence-electron chi connectivity index (χ4n) is 2.36. The molecule has 2 heterocycles. The van der Waals surface area contributed by atoms with Gasteiger partial charge in [-0.25, -0.2) is 0 Å². The summed E-state index contributed by atoms with van der Waals surface area (Å²) in [5.74, 6) is 0.550. The van der Waals surface area contributed by atoms with E-state index >= 15 is 0 Å². The van der Waals surface area contributed by atoms with Gasteiger partial charge in [0.1, 0.15) is 5.75 Å². The van der Waals surface area contributed by atoms with Gasteiger partial charge < -0.3 is 10.1 Å². The van der Waals surface area contributed by atoms with Crippen LogP contribution in [0, 0.1) is 0 Å². The number of nitrogens with one attached hydrogen (secondary N) is 1. The number of amides is 1. The smallest absolute Gasteiger partial charge is 0.253 e. The molecule has 5 nitrogen and oxygen atoms in total. The summed E-state index contributed by atoms with van der Waals surface area (Å²) in [5.41, 5.74) is 2.91.